The highest BCUT2D eigenvalue weighted by Crippen LogP contribution is 2.24. The van der Waals surface area contributed by atoms with Crippen LogP contribution in [0.3, 0.4) is 0 Å². The molecule has 0 atom stereocenters. The fourth-order valence-electron chi connectivity index (χ4n) is 1.84. The molecule has 0 aliphatic carbocycles. The van der Waals surface area contributed by atoms with Crippen molar-refractivity contribution in [2.24, 2.45) is 10.7 Å². The molecule has 2 aromatic rings. The van der Waals surface area contributed by atoms with Gasteiger partial charge in [-0.15, -0.1) is 0 Å². The van der Waals surface area contributed by atoms with E-state index >= 15 is 0 Å². The number of H-pyrrole nitrogens is 1. The monoisotopic (exact) mass is 301 g/mol. The van der Waals surface area contributed by atoms with Crippen molar-refractivity contribution in [1.29, 1.82) is 5.41 Å². The van der Waals surface area contributed by atoms with Crippen LogP contribution in [0.5, 0.6) is 5.75 Å². The third kappa shape index (κ3) is 2.90. The van der Waals surface area contributed by atoms with Crippen LogP contribution in [0.25, 0.3) is 0 Å². The van der Waals surface area contributed by atoms with Crippen molar-refractivity contribution in [1.82, 2.24) is 4.98 Å². The van der Waals surface area contributed by atoms with Crippen LogP contribution in [0.1, 0.15) is 11.1 Å². The number of phenols is 1. The number of nitrogens with zero attached hydrogens (tertiary/aromatic N) is 1. The average Bonchev–Trinajstić information content (AvgIpc) is 2.48. The van der Waals surface area contributed by atoms with E-state index < -0.39 is 5.56 Å². The largest absolute Gasteiger partial charge is 0.507 e. The number of nitrogen functional groups attached to an aromatic ring is 1. The molecule has 0 bridgehead atoms. The highest BCUT2D eigenvalue weighted by molar-refractivity contribution is 6.03. The summed E-state index contributed by atoms with van der Waals surface area (Å²) in [5, 5.41) is 17.3. The molecule has 0 saturated carbocycles. The predicted octanol–water partition coefficient (Wildman–Crippen LogP) is 0.671. The normalized spacial score (nSPS) is 11.2. The van der Waals surface area contributed by atoms with E-state index in [4.69, 9.17) is 21.6 Å². The Labute approximate surface area is 125 Å². The van der Waals surface area contributed by atoms with Crippen LogP contribution in [0.2, 0.25) is 0 Å². The first-order valence-corrected chi connectivity index (χ1v) is 6.21. The van der Waals surface area contributed by atoms with Crippen LogP contribution >= 0.6 is 0 Å². The van der Waals surface area contributed by atoms with Crippen molar-refractivity contribution in [3.05, 3.63) is 51.9 Å². The zero-order valence-corrected chi connectivity index (χ0v) is 11.8. The SMILES string of the molecule is COC(=N)c1cc(N=C(N)c2c(N)cc[nH]c2=O)ccc1O. The van der Waals surface area contributed by atoms with Gasteiger partial charge in [0.2, 0.25) is 5.90 Å². The number of methoxy groups -OCH3 is 1. The molecule has 0 saturated heterocycles. The molecule has 1 heterocycles. The summed E-state index contributed by atoms with van der Waals surface area (Å²) < 4.78 is 4.77. The van der Waals surface area contributed by atoms with Crippen LogP contribution < -0.4 is 17.0 Å². The Kier molecular flexibility index (Phi) is 4.12. The molecule has 0 aliphatic heterocycles. The third-order valence-corrected chi connectivity index (χ3v) is 2.93. The quantitative estimate of drug-likeness (QED) is 0.417. The molecule has 1 aromatic heterocycles. The molecule has 1 aromatic carbocycles. The molecule has 7 N–H and O–H groups in total. The number of aromatic amines is 1. The summed E-state index contributed by atoms with van der Waals surface area (Å²) in [6.45, 7) is 0. The zero-order valence-electron chi connectivity index (χ0n) is 11.8. The maximum atomic E-state index is 11.8. The average molecular weight is 301 g/mol. The van der Waals surface area contributed by atoms with Gasteiger partial charge in [0.15, 0.2) is 0 Å². The highest BCUT2D eigenvalue weighted by Gasteiger charge is 2.11. The second-order valence-corrected chi connectivity index (χ2v) is 4.37. The van der Waals surface area contributed by atoms with Gasteiger partial charge >= 0.3 is 0 Å². The molecule has 0 radical (unpaired) electrons. The fraction of sp³-hybridized carbons (Fsp3) is 0.0714. The van der Waals surface area contributed by atoms with E-state index in [0.29, 0.717) is 5.69 Å². The Hall–Kier alpha value is -3.29. The maximum absolute atomic E-state index is 11.8. The first kappa shape index (κ1) is 15.1. The molecule has 8 heteroatoms. The number of aliphatic imine (C=N–C) groups is 1. The minimum atomic E-state index is -0.454. The lowest BCUT2D eigenvalue weighted by Crippen LogP contribution is -2.25. The zero-order chi connectivity index (χ0) is 16.3. The number of hydrogen-bond acceptors (Lipinski definition) is 6. The van der Waals surface area contributed by atoms with Gasteiger partial charge in [-0.1, -0.05) is 0 Å². The van der Waals surface area contributed by atoms with Gasteiger partial charge < -0.3 is 26.3 Å². The van der Waals surface area contributed by atoms with E-state index in [1.165, 1.54) is 37.6 Å². The molecule has 0 fully saturated rings. The molecular weight excluding hydrogens is 286 g/mol. The van der Waals surface area contributed by atoms with Crippen molar-refractivity contribution < 1.29 is 9.84 Å². The number of rotatable bonds is 3. The summed E-state index contributed by atoms with van der Waals surface area (Å²) in [5.41, 5.74) is 11.9. The molecule has 22 heavy (non-hydrogen) atoms. The van der Waals surface area contributed by atoms with Crippen LogP contribution in [0.4, 0.5) is 11.4 Å². The molecule has 114 valence electrons. The number of ether oxygens (including phenoxy) is 1. The smallest absolute Gasteiger partial charge is 0.261 e. The highest BCUT2D eigenvalue weighted by atomic mass is 16.5. The summed E-state index contributed by atoms with van der Waals surface area (Å²) in [7, 11) is 1.32. The summed E-state index contributed by atoms with van der Waals surface area (Å²) in [4.78, 5) is 18.3. The van der Waals surface area contributed by atoms with Gasteiger partial charge in [-0.05, 0) is 24.3 Å². The number of phenolic OH excluding ortho intramolecular Hbond substituents is 1. The van der Waals surface area contributed by atoms with Crippen molar-refractivity contribution in [2.45, 2.75) is 0 Å². The van der Waals surface area contributed by atoms with E-state index in [1.807, 2.05) is 0 Å². The fourth-order valence-corrected chi connectivity index (χ4v) is 1.84. The topological polar surface area (TPSA) is 151 Å². The molecular formula is C14H15N5O3. The lowest BCUT2D eigenvalue weighted by molar-refractivity contribution is 0.396. The molecule has 0 spiro atoms. The number of aromatic nitrogens is 1. The van der Waals surface area contributed by atoms with Crippen LogP contribution in [0, 0.1) is 5.41 Å². The lowest BCUT2D eigenvalue weighted by atomic mass is 10.1. The molecule has 8 nitrogen and oxygen atoms in total. The van der Waals surface area contributed by atoms with E-state index in [2.05, 4.69) is 9.98 Å². The van der Waals surface area contributed by atoms with Gasteiger partial charge in [0.05, 0.1) is 18.4 Å². The third-order valence-electron chi connectivity index (χ3n) is 2.93. The van der Waals surface area contributed by atoms with Gasteiger partial charge in [-0.3, -0.25) is 10.2 Å². The summed E-state index contributed by atoms with van der Waals surface area (Å²) in [6, 6.07) is 5.76. The summed E-state index contributed by atoms with van der Waals surface area (Å²) >= 11 is 0. The standard InChI is InChI=1S/C14H15N5O3/c1-22-13(17)8-6-7(2-3-10(8)20)19-12(16)11-9(15)4-5-18-14(11)21/h2-6,17,20H,1H3,(H2,16,19)(H3,15,18,21). The minimum Gasteiger partial charge on any atom is -0.507 e. The van der Waals surface area contributed by atoms with Gasteiger partial charge in [0.1, 0.15) is 17.1 Å². The number of benzene rings is 1. The van der Waals surface area contributed by atoms with Crippen molar-refractivity contribution in [3.8, 4) is 5.75 Å². The van der Waals surface area contributed by atoms with Crippen LogP contribution in [0.15, 0.2) is 40.2 Å². The maximum Gasteiger partial charge on any atom is 0.261 e. The van der Waals surface area contributed by atoms with E-state index in [-0.39, 0.29) is 34.3 Å². The van der Waals surface area contributed by atoms with Gasteiger partial charge in [0, 0.05) is 11.9 Å². The Morgan fingerprint density at radius 3 is 2.77 bits per heavy atom. The van der Waals surface area contributed by atoms with E-state index in [9.17, 15) is 9.90 Å². The minimum absolute atomic E-state index is 0.0685. The Morgan fingerprint density at radius 2 is 2.14 bits per heavy atom. The van der Waals surface area contributed by atoms with Crippen molar-refractivity contribution >= 4 is 23.1 Å². The Morgan fingerprint density at radius 1 is 1.41 bits per heavy atom. The number of nitrogens with two attached hydrogens (primary N) is 2. The number of hydrogen-bond donors (Lipinski definition) is 5. The van der Waals surface area contributed by atoms with Crippen molar-refractivity contribution in [3.63, 3.8) is 0 Å². The first-order chi connectivity index (χ1) is 10.4. The van der Waals surface area contributed by atoms with Gasteiger partial charge in [-0.2, -0.15) is 0 Å². The number of nitrogens with one attached hydrogen (secondary N) is 2. The predicted molar refractivity (Wildman–Crippen MR) is 83.8 cm³/mol. The number of pyridine rings is 1. The number of aromatic hydroxyl groups is 1. The van der Waals surface area contributed by atoms with Gasteiger partial charge in [-0.25, -0.2) is 4.99 Å². The first-order valence-electron chi connectivity index (χ1n) is 6.21. The summed E-state index contributed by atoms with van der Waals surface area (Å²) in [6.07, 6.45) is 1.41. The molecule has 2 rings (SSSR count). The molecule has 0 aliphatic rings. The molecule has 0 unspecified atom stereocenters. The number of amidine groups is 1. The van der Waals surface area contributed by atoms with Gasteiger partial charge in [0.25, 0.3) is 5.56 Å². The summed E-state index contributed by atoms with van der Waals surface area (Å²) in [5.74, 6) is -0.411. The van der Waals surface area contributed by atoms with Crippen LogP contribution in [-0.4, -0.2) is 28.9 Å². The van der Waals surface area contributed by atoms with Crippen LogP contribution in [-0.2, 0) is 4.74 Å². The second-order valence-electron chi connectivity index (χ2n) is 4.37. The number of anilines is 1. The van der Waals surface area contributed by atoms with E-state index in [0.717, 1.165) is 0 Å². The lowest BCUT2D eigenvalue weighted by Gasteiger charge is -2.07. The Balaban J connectivity index is 2.49. The Bertz CT molecular complexity index is 810. The molecule has 0 amide bonds. The second kappa shape index (κ2) is 6.00. The van der Waals surface area contributed by atoms with Crippen molar-refractivity contribution in [2.75, 3.05) is 12.8 Å². The van der Waals surface area contributed by atoms with E-state index in [1.54, 1.807) is 0 Å².